The fourth-order valence-electron chi connectivity index (χ4n) is 2.02. The third kappa shape index (κ3) is 1.80. The number of ether oxygens (including phenoxy) is 1. The molecule has 1 aromatic carbocycles. The van der Waals surface area contributed by atoms with Crippen molar-refractivity contribution in [3.05, 3.63) is 42.1 Å². The second kappa shape index (κ2) is 4.22. The van der Waals surface area contributed by atoms with Crippen LogP contribution in [0, 0.1) is 5.82 Å². The Labute approximate surface area is 98.2 Å². The van der Waals surface area contributed by atoms with E-state index < -0.39 is 0 Å². The van der Waals surface area contributed by atoms with Gasteiger partial charge in [0.1, 0.15) is 18.2 Å². The number of nitrogens with one attached hydrogen (secondary N) is 1. The lowest BCUT2D eigenvalue weighted by Gasteiger charge is -2.12. The van der Waals surface area contributed by atoms with Crippen LogP contribution in [0.3, 0.4) is 0 Å². The summed E-state index contributed by atoms with van der Waals surface area (Å²) in [6.45, 7) is 1.76. The Morgan fingerprint density at radius 2 is 2.18 bits per heavy atom. The predicted molar refractivity (Wildman–Crippen MR) is 61.3 cm³/mol. The van der Waals surface area contributed by atoms with Crippen LogP contribution in [-0.2, 0) is 6.54 Å². The molecule has 4 heteroatoms. The minimum Gasteiger partial charge on any atom is -0.491 e. The Balaban J connectivity index is 2.17. The highest BCUT2D eigenvalue weighted by atomic mass is 19.1. The van der Waals surface area contributed by atoms with E-state index >= 15 is 0 Å². The molecule has 0 bridgehead atoms. The van der Waals surface area contributed by atoms with E-state index in [-0.39, 0.29) is 5.82 Å². The van der Waals surface area contributed by atoms with Crippen molar-refractivity contribution < 1.29 is 13.5 Å². The first kappa shape index (κ1) is 10.4. The number of benzene rings is 1. The van der Waals surface area contributed by atoms with Crippen LogP contribution >= 0.6 is 0 Å². The first-order chi connectivity index (χ1) is 8.36. The van der Waals surface area contributed by atoms with Gasteiger partial charge in [-0.1, -0.05) is 0 Å². The third-order valence-electron chi connectivity index (χ3n) is 2.86. The molecule has 2 heterocycles. The van der Waals surface area contributed by atoms with Crippen LogP contribution in [0.15, 0.2) is 35.1 Å². The molecule has 3 rings (SSSR count). The fraction of sp³-hybridized carbons (Fsp3) is 0.231. The zero-order chi connectivity index (χ0) is 11.7. The van der Waals surface area contributed by atoms with Crippen LogP contribution in [-0.4, -0.2) is 13.2 Å². The molecule has 0 radical (unpaired) electrons. The fourth-order valence-corrected chi connectivity index (χ4v) is 2.02. The van der Waals surface area contributed by atoms with Gasteiger partial charge in [0.2, 0.25) is 0 Å². The molecular formula is C13H12FNO2. The van der Waals surface area contributed by atoms with Crippen molar-refractivity contribution >= 4 is 0 Å². The van der Waals surface area contributed by atoms with Crippen molar-refractivity contribution in [1.29, 1.82) is 0 Å². The van der Waals surface area contributed by atoms with E-state index in [2.05, 4.69) is 5.32 Å². The van der Waals surface area contributed by atoms with Gasteiger partial charge in [0.05, 0.1) is 12.5 Å². The van der Waals surface area contributed by atoms with Crippen LogP contribution in [0.25, 0.3) is 11.1 Å². The lowest BCUT2D eigenvalue weighted by Crippen LogP contribution is -2.16. The van der Waals surface area contributed by atoms with Crippen LogP contribution in [0.5, 0.6) is 5.75 Å². The maximum Gasteiger partial charge on any atom is 0.134 e. The first-order valence-corrected chi connectivity index (χ1v) is 5.54. The van der Waals surface area contributed by atoms with Crippen molar-refractivity contribution in [3.8, 4) is 16.9 Å². The molecule has 0 spiro atoms. The van der Waals surface area contributed by atoms with Gasteiger partial charge in [0, 0.05) is 29.8 Å². The van der Waals surface area contributed by atoms with E-state index in [1.54, 1.807) is 18.6 Å². The van der Waals surface area contributed by atoms with Gasteiger partial charge in [-0.25, -0.2) is 4.39 Å². The van der Waals surface area contributed by atoms with Crippen LogP contribution in [0.2, 0.25) is 0 Å². The van der Waals surface area contributed by atoms with Gasteiger partial charge in [0.15, 0.2) is 0 Å². The van der Waals surface area contributed by atoms with Gasteiger partial charge in [-0.15, -0.1) is 0 Å². The van der Waals surface area contributed by atoms with E-state index in [0.717, 1.165) is 17.7 Å². The Kier molecular flexibility index (Phi) is 2.57. The predicted octanol–water partition coefficient (Wildman–Crippen LogP) is 2.57. The summed E-state index contributed by atoms with van der Waals surface area (Å²) in [5.41, 5.74) is 2.36. The lowest BCUT2D eigenvalue weighted by atomic mass is 10.0. The molecular weight excluding hydrogens is 221 g/mol. The number of furan rings is 1. The summed E-state index contributed by atoms with van der Waals surface area (Å²) in [5, 5.41) is 3.13. The minimum atomic E-state index is -0.235. The topological polar surface area (TPSA) is 34.4 Å². The molecule has 17 heavy (non-hydrogen) atoms. The van der Waals surface area contributed by atoms with Gasteiger partial charge in [-0.05, 0) is 18.2 Å². The minimum absolute atomic E-state index is 0.235. The van der Waals surface area contributed by atoms with Crippen molar-refractivity contribution in [1.82, 2.24) is 5.32 Å². The van der Waals surface area contributed by atoms with E-state index in [0.29, 0.717) is 24.5 Å². The Morgan fingerprint density at radius 1 is 1.24 bits per heavy atom. The highest BCUT2D eigenvalue weighted by Gasteiger charge is 2.18. The van der Waals surface area contributed by atoms with Gasteiger partial charge >= 0.3 is 0 Å². The van der Waals surface area contributed by atoms with E-state index in [9.17, 15) is 4.39 Å². The Bertz CT molecular complexity index is 522. The van der Waals surface area contributed by atoms with Gasteiger partial charge in [0.25, 0.3) is 0 Å². The molecule has 1 aliphatic rings. The van der Waals surface area contributed by atoms with E-state index in [4.69, 9.17) is 9.15 Å². The number of hydrogen-bond acceptors (Lipinski definition) is 3. The largest absolute Gasteiger partial charge is 0.491 e. The molecule has 1 aliphatic heterocycles. The molecule has 88 valence electrons. The number of hydrogen-bond donors (Lipinski definition) is 1. The van der Waals surface area contributed by atoms with Crippen LogP contribution in [0.1, 0.15) is 5.56 Å². The maximum atomic E-state index is 13.7. The summed E-state index contributed by atoms with van der Waals surface area (Å²) < 4.78 is 24.4. The molecule has 0 unspecified atom stereocenters. The summed E-state index contributed by atoms with van der Waals surface area (Å²) in [7, 11) is 0. The summed E-state index contributed by atoms with van der Waals surface area (Å²) in [6.07, 6.45) is 3.23. The standard InChI is InChI=1S/C13H12FNO2/c14-12-2-1-10(9-3-5-16-8-9)13-11(12)7-15-4-6-17-13/h1-3,5,8,15H,4,6-7H2. The summed E-state index contributed by atoms with van der Waals surface area (Å²) >= 11 is 0. The average Bonchev–Trinajstić information content (AvgIpc) is 2.74. The van der Waals surface area contributed by atoms with Crippen molar-refractivity contribution in [2.45, 2.75) is 6.54 Å². The third-order valence-corrected chi connectivity index (χ3v) is 2.86. The quantitative estimate of drug-likeness (QED) is 0.822. The van der Waals surface area contributed by atoms with Crippen LogP contribution in [0.4, 0.5) is 4.39 Å². The SMILES string of the molecule is Fc1ccc(-c2ccoc2)c2c1CNCCO2. The van der Waals surface area contributed by atoms with Gasteiger partial charge in [-0.2, -0.15) is 0 Å². The average molecular weight is 233 g/mol. The molecule has 1 N–H and O–H groups in total. The smallest absolute Gasteiger partial charge is 0.134 e. The van der Waals surface area contributed by atoms with Crippen molar-refractivity contribution in [2.75, 3.05) is 13.2 Å². The maximum absolute atomic E-state index is 13.7. The zero-order valence-corrected chi connectivity index (χ0v) is 9.20. The highest BCUT2D eigenvalue weighted by molar-refractivity contribution is 5.71. The molecule has 3 nitrogen and oxygen atoms in total. The number of fused-ring (bicyclic) bond motifs is 1. The lowest BCUT2D eigenvalue weighted by molar-refractivity contribution is 0.326. The number of rotatable bonds is 1. The van der Waals surface area contributed by atoms with Crippen molar-refractivity contribution in [2.24, 2.45) is 0 Å². The summed E-state index contributed by atoms with van der Waals surface area (Å²) in [6, 6.07) is 5.04. The molecule has 1 aromatic heterocycles. The normalized spacial score (nSPS) is 14.9. The summed E-state index contributed by atoms with van der Waals surface area (Å²) in [5.74, 6) is 0.387. The van der Waals surface area contributed by atoms with Gasteiger partial charge < -0.3 is 14.5 Å². The molecule has 0 aliphatic carbocycles. The summed E-state index contributed by atoms with van der Waals surface area (Å²) in [4.78, 5) is 0. The molecule has 0 fully saturated rings. The molecule has 2 aromatic rings. The Hall–Kier alpha value is -1.81. The monoisotopic (exact) mass is 233 g/mol. The van der Waals surface area contributed by atoms with E-state index in [1.165, 1.54) is 6.07 Å². The zero-order valence-electron chi connectivity index (χ0n) is 9.20. The second-order valence-electron chi connectivity index (χ2n) is 3.94. The molecule has 0 amide bonds. The van der Waals surface area contributed by atoms with Gasteiger partial charge in [-0.3, -0.25) is 0 Å². The second-order valence-corrected chi connectivity index (χ2v) is 3.94. The number of halogens is 1. The van der Waals surface area contributed by atoms with Crippen LogP contribution < -0.4 is 10.1 Å². The molecule has 0 saturated carbocycles. The highest BCUT2D eigenvalue weighted by Crippen LogP contribution is 2.35. The van der Waals surface area contributed by atoms with Crippen molar-refractivity contribution in [3.63, 3.8) is 0 Å². The molecule has 0 saturated heterocycles. The first-order valence-electron chi connectivity index (χ1n) is 5.54. The Morgan fingerprint density at radius 3 is 3.00 bits per heavy atom. The molecule has 0 atom stereocenters. The van der Waals surface area contributed by atoms with E-state index in [1.807, 2.05) is 6.07 Å².